The zero-order valence-electron chi connectivity index (χ0n) is 14.4. The molecule has 0 unspecified atom stereocenters. The van der Waals surface area contributed by atoms with Crippen LogP contribution in [0.3, 0.4) is 0 Å². The molecular weight excluding hydrogens is 453 g/mol. The molecule has 0 saturated carbocycles. The quantitative estimate of drug-likeness (QED) is 0.406. The second-order valence-corrected chi connectivity index (χ2v) is 19.6. The highest BCUT2D eigenvalue weighted by Crippen LogP contribution is 2.09. The van der Waals surface area contributed by atoms with Gasteiger partial charge in [-0.15, -0.1) is 0 Å². The van der Waals surface area contributed by atoms with Crippen LogP contribution in [-0.2, 0) is 28.8 Å². The Hall–Kier alpha value is -0.322. The second-order valence-electron chi connectivity index (χ2n) is 5.37. The Morgan fingerprint density at radius 2 is 0.808 bits per heavy atom. The van der Waals surface area contributed by atoms with Crippen molar-refractivity contribution in [3.63, 3.8) is 0 Å². The molecule has 7 nitrogen and oxygen atoms in total. The van der Waals surface area contributed by atoms with Crippen LogP contribution in [0.15, 0.2) is 60.7 Å². The average Bonchev–Trinajstić information content (AvgIpc) is 2.71. The van der Waals surface area contributed by atoms with Gasteiger partial charge in [-0.1, -0.05) is 60.7 Å². The molecule has 0 radical (unpaired) electrons. The predicted molar refractivity (Wildman–Crippen MR) is 117 cm³/mol. The molecule has 1 aliphatic rings. The number of benzene rings is 2. The normalized spacial score (nSPS) is 25.7. The lowest BCUT2D eigenvalue weighted by molar-refractivity contribution is 0.334. The maximum absolute atomic E-state index is 6.45. The van der Waals surface area contributed by atoms with Crippen LogP contribution in [0.2, 0.25) is 0 Å². The predicted octanol–water partition coefficient (Wildman–Crippen LogP) is -4.63. The van der Waals surface area contributed by atoms with E-state index in [1.807, 2.05) is 36.4 Å². The highest BCUT2D eigenvalue weighted by atomic mass is 28.5. The molecule has 0 spiro atoms. The zero-order chi connectivity index (χ0) is 17.9. The molecule has 2 aromatic carbocycles. The summed E-state index contributed by atoms with van der Waals surface area (Å²) in [5, 5.41) is 2.14. The Labute approximate surface area is 168 Å². The highest BCUT2D eigenvalue weighted by molar-refractivity contribution is 6.96. The molecule has 14 heteroatoms. The first-order valence-electron chi connectivity index (χ1n) is 8.19. The summed E-state index contributed by atoms with van der Waals surface area (Å²) in [4.78, 5) is 0. The minimum atomic E-state index is -2.84. The summed E-state index contributed by atoms with van der Waals surface area (Å²) in [7, 11) is -9.31. The molecule has 1 heterocycles. The van der Waals surface area contributed by atoms with Crippen LogP contribution in [0.1, 0.15) is 0 Å². The van der Waals surface area contributed by atoms with Gasteiger partial charge in [0.25, 0.3) is 60.0 Å². The van der Waals surface area contributed by atoms with Crippen molar-refractivity contribution >= 4 is 79.0 Å². The largest absolute Gasteiger partial charge is 0.425 e. The molecule has 2 aromatic rings. The first-order valence-corrected chi connectivity index (χ1v) is 16.9. The van der Waals surface area contributed by atoms with Crippen LogP contribution in [0.4, 0.5) is 0 Å². The Morgan fingerprint density at radius 3 is 1.19 bits per heavy atom. The Bertz CT molecular complexity index is 583. The monoisotopic (exact) mass is 474 g/mol. The van der Waals surface area contributed by atoms with Crippen LogP contribution in [0, 0.1) is 0 Å². The molecule has 0 atom stereocenters. The summed E-state index contributed by atoms with van der Waals surface area (Å²) in [5.41, 5.74) is 0. The SMILES string of the molecule is c1ccc([Si]2(c3ccccc3)O[SiH2]O[SiH2]O[SiH2]O[SiH2]O[SiH2]O[SiH2]O2)cc1. The molecule has 1 saturated heterocycles. The lowest BCUT2D eigenvalue weighted by Crippen LogP contribution is -2.65. The fourth-order valence-electron chi connectivity index (χ4n) is 2.51. The van der Waals surface area contributed by atoms with Crippen molar-refractivity contribution in [1.29, 1.82) is 0 Å². The summed E-state index contributed by atoms with van der Waals surface area (Å²) in [6.45, 7) is 0. The first-order chi connectivity index (χ1) is 12.9. The Morgan fingerprint density at radius 1 is 0.462 bits per heavy atom. The van der Waals surface area contributed by atoms with Crippen molar-refractivity contribution in [2.24, 2.45) is 0 Å². The molecule has 3 rings (SSSR count). The molecule has 0 aromatic heterocycles. The topological polar surface area (TPSA) is 64.6 Å². The van der Waals surface area contributed by atoms with Crippen molar-refractivity contribution in [1.82, 2.24) is 0 Å². The van der Waals surface area contributed by atoms with Crippen molar-refractivity contribution in [2.75, 3.05) is 0 Å². The van der Waals surface area contributed by atoms with E-state index >= 15 is 0 Å². The van der Waals surface area contributed by atoms with Crippen molar-refractivity contribution < 1.29 is 28.8 Å². The average molecular weight is 475 g/mol. The van der Waals surface area contributed by atoms with Crippen molar-refractivity contribution in [3.05, 3.63) is 60.7 Å². The molecular formula is C12H22O7Si7. The fourth-order valence-corrected chi connectivity index (χ4v) is 18.8. The van der Waals surface area contributed by atoms with E-state index in [0.29, 0.717) is 0 Å². The maximum Gasteiger partial charge on any atom is 0.388 e. The molecule has 0 amide bonds. The lowest BCUT2D eigenvalue weighted by atomic mass is 10.4. The fraction of sp³-hybridized carbons (Fsp3) is 0. The summed E-state index contributed by atoms with van der Waals surface area (Å²) in [6.07, 6.45) is 0. The lowest BCUT2D eigenvalue weighted by Gasteiger charge is -2.32. The Kier molecular flexibility index (Phi) is 9.03. The van der Waals surface area contributed by atoms with Gasteiger partial charge in [0.05, 0.1) is 0 Å². The third kappa shape index (κ3) is 5.84. The molecule has 140 valence electrons. The summed E-state index contributed by atoms with van der Waals surface area (Å²) in [6, 6.07) is 20.3. The van der Waals surface area contributed by atoms with Crippen LogP contribution >= 0.6 is 0 Å². The molecule has 1 aliphatic heterocycles. The second kappa shape index (κ2) is 11.5. The minimum absolute atomic E-state index is 0.964. The van der Waals surface area contributed by atoms with E-state index in [1.165, 1.54) is 0 Å². The van der Waals surface area contributed by atoms with E-state index in [2.05, 4.69) is 24.3 Å². The minimum Gasteiger partial charge on any atom is -0.425 e. The van der Waals surface area contributed by atoms with E-state index < -0.39 is 68.6 Å². The van der Waals surface area contributed by atoms with Crippen molar-refractivity contribution in [3.8, 4) is 0 Å². The Balaban J connectivity index is 1.86. The highest BCUT2D eigenvalue weighted by Gasteiger charge is 2.42. The summed E-state index contributed by atoms with van der Waals surface area (Å²) in [5.74, 6) is 0. The molecule has 0 aliphatic carbocycles. The van der Waals surface area contributed by atoms with Crippen LogP contribution < -0.4 is 10.4 Å². The first kappa shape index (κ1) is 20.4. The van der Waals surface area contributed by atoms with Gasteiger partial charge < -0.3 is 28.8 Å². The van der Waals surface area contributed by atoms with Gasteiger partial charge in [-0.25, -0.2) is 0 Å². The van der Waals surface area contributed by atoms with Gasteiger partial charge in [-0.2, -0.15) is 0 Å². The van der Waals surface area contributed by atoms with Gasteiger partial charge in [0.1, 0.15) is 0 Å². The van der Waals surface area contributed by atoms with Crippen molar-refractivity contribution in [2.45, 2.75) is 0 Å². The smallest absolute Gasteiger partial charge is 0.388 e. The van der Waals surface area contributed by atoms with Crippen LogP contribution in [-0.4, -0.2) is 68.6 Å². The third-order valence-corrected chi connectivity index (χ3v) is 16.7. The number of hydrogen-bond acceptors (Lipinski definition) is 7. The van der Waals surface area contributed by atoms with E-state index in [4.69, 9.17) is 28.8 Å². The van der Waals surface area contributed by atoms with Gasteiger partial charge in [0.2, 0.25) is 0 Å². The van der Waals surface area contributed by atoms with E-state index in [9.17, 15) is 0 Å². The molecule has 0 bridgehead atoms. The summed E-state index contributed by atoms with van der Waals surface area (Å²) < 4.78 is 41.0. The zero-order valence-corrected chi connectivity index (χ0v) is 23.9. The van der Waals surface area contributed by atoms with Gasteiger partial charge in [0.15, 0.2) is 0 Å². The van der Waals surface area contributed by atoms with E-state index in [-0.39, 0.29) is 0 Å². The molecule has 26 heavy (non-hydrogen) atoms. The molecule has 1 fully saturated rings. The van der Waals surface area contributed by atoms with Gasteiger partial charge in [-0.05, 0) is 10.4 Å². The summed E-state index contributed by atoms with van der Waals surface area (Å²) >= 11 is 0. The third-order valence-electron chi connectivity index (χ3n) is 3.67. The van der Waals surface area contributed by atoms with Gasteiger partial charge in [-0.3, -0.25) is 0 Å². The van der Waals surface area contributed by atoms with Crippen LogP contribution in [0.25, 0.3) is 0 Å². The number of hydrogen-bond donors (Lipinski definition) is 0. The van der Waals surface area contributed by atoms with Crippen LogP contribution in [0.5, 0.6) is 0 Å². The van der Waals surface area contributed by atoms with E-state index in [0.717, 1.165) is 10.4 Å². The number of rotatable bonds is 2. The van der Waals surface area contributed by atoms with E-state index in [1.54, 1.807) is 0 Å². The van der Waals surface area contributed by atoms with Gasteiger partial charge in [0, 0.05) is 0 Å². The van der Waals surface area contributed by atoms with Gasteiger partial charge >= 0.3 is 8.56 Å². The molecule has 0 N–H and O–H groups in total. The maximum atomic E-state index is 6.45. The standard InChI is InChI=1S/C12H22O7Si7/c1-3-7-11(8-4-1)26(12-9-5-2-6-10-12)18-24-16-22-14-20-13-21-15-23-17-25-19-26/h1-10H,20-25H2.